The van der Waals surface area contributed by atoms with Gasteiger partial charge in [-0.05, 0) is 0 Å². The molecule has 1 fully saturated rings. The van der Waals surface area contributed by atoms with Gasteiger partial charge in [-0.3, -0.25) is 0 Å². The van der Waals surface area contributed by atoms with Gasteiger partial charge in [-0.15, -0.1) is 0 Å². The summed E-state index contributed by atoms with van der Waals surface area (Å²) in [6.45, 7) is 0. The van der Waals surface area contributed by atoms with Gasteiger partial charge in [-0.25, -0.2) is 0 Å². The summed E-state index contributed by atoms with van der Waals surface area (Å²) in [5.41, 5.74) is 0. The normalized spacial score (nSPS) is 27.3. The van der Waals surface area contributed by atoms with E-state index < -0.39 is 6.17 Å². The molecule has 2 atom stereocenters. The van der Waals surface area contributed by atoms with Crippen LogP contribution in [0.1, 0.15) is 32.1 Å². The van der Waals surface area contributed by atoms with Crippen LogP contribution in [0.3, 0.4) is 0 Å². The van der Waals surface area contributed by atoms with Crippen molar-refractivity contribution in [3.63, 3.8) is 0 Å². The number of hydrogen-bond acceptors (Lipinski definition) is 0. The second-order valence-electron chi connectivity index (χ2n) is 4.12. The van der Waals surface area contributed by atoms with E-state index in [1.807, 2.05) is 6.07 Å². The zero-order valence-corrected chi connectivity index (χ0v) is 10.6. The third kappa shape index (κ3) is 3.32. The van der Waals surface area contributed by atoms with Crippen molar-refractivity contribution in [1.29, 1.82) is 0 Å². The third-order valence-corrected chi connectivity index (χ3v) is 5.79. The van der Waals surface area contributed by atoms with Crippen LogP contribution in [-0.2, 0) is 0 Å². The van der Waals surface area contributed by atoms with Crippen molar-refractivity contribution < 1.29 is 4.39 Å². The molecule has 2 heteroatoms. The van der Waals surface area contributed by atoms with Crippen molar-refractivity contribution in [2.24, 2.45) is 0 Å². The minimum atomic E-state index is -0.548. The SMILES string of the molecule is F[C@@H]1CCCCC[C@H]1[Se]c1ccccc1. The van der Waals surface area contributed by atoms with Crippen LogP contribution < -0.4 is 4.46 Å². The molecule has 1 saturated carbocycles. The van der Waals surface area contributed by atoms with E-state index in [-0.39, 0.29) is 0 Å². The average molecular weight is 271 g/mol. The Morgan fingerprint density at radius 1 is 1.00 bits per heavy atom. The second-order valence-corrected chi connectivity index (χ2v) is 6.88. The van der Waals surface area contributed by atoms with Crippen LogP contribution in [0.2, 0.25) is 4.82 Å². The fourth-order valence-corrected chi connectivity index (χ4v) is 4.62. The van der Waals surface area contributed by atoms with Gasteiger partial charge in [0.15, 0.2) is 0 Å². The van der Waals surface area contributed by atoms with Gasteiger partial charge in [0.2, 0.25) is 0 Å². The van der Waals surface area contributed by atoms with Crippen LogP contribution in [0.15, 0.2) is 30.3 Å². The van der Waals surface area contributed by atoms with Crippen LogP contribution in [0, 0.1) is 0 Å². The van der Waals surface area contributed by atoms with Crippen molar-refractivity contribution in [3.8, 4) is 0 Å². The van der Waals surface area contributed by atoms with Gasteiger partial charge < -0.3 is 0 Å². The van der Waals surface area contributed by atoms with Gasteiger partial charge in [-0.2, -0.15) is 0 Å². The molecule has 0 saturated heterocycles. The fourth-order valence-electron chi connectivity index (χ4n) is 2.03. The molecule has 0 aliphatic heterocycles. The summed E-state index contributed by atoms with van der Waals surface area (Å²) in [7, 11) is 0. The zero-order chi connectivity index (χ0) is 10.5. The van der Waals surface area contributed by atoms with Crippen molar-refractivity contribution in [2.45, 2.75) is 43.1 Å². The molecule has 0 heterocycles. The first-order chi connectivity index (χ1) is 7.36. The number of halogens is 1. The summed E-state index contributed by atoms with van der Waals surface area (Å²) in [6.07, 6.45) is 4.87. The molecule has 0 amide bonds. The van der Waals surface area contributed by atoms with Gasteiger partial charge in [0.25, 0.3) is 0 Å². The van der Waals surface area contributed by atoms with Gasteiger partial charge in [0.05, 0.1) is 0 Å². The van der Waals surface area contributed by atoms with E-state index in [1.54, 1.807) is 0 Å². The van der Waals surface area contributed by atoms with E-state index in [2.05, 4.69) is 24.3 Å². The van der Waals surface area contributed by atoms with Crippen molar-refractivity contribution in [2.75, 3.05) is 0 Å². The first-order valence-electron chi connectivity index (χ1n) is 5.72. The van der Waals surface area contributed by atoms with Gasteiger partial charge in [0, 0.05) is 0 Å². The van der Waals surface area contributed by atoms with Crippen LogP contribution in [0.25, 0.3) is 0 Å². The molecule has 1 aliphatic carbocycles. The van der Waals surface area contributed by atoms with Crippen LogP contribution >= 0.6 is 0 Å². The monoisotopic (exact) mass is 272 g/mol. The molecule has 1 aromatic rings. The molecule has 0 spiro atoms. The molecule has 0 N–H and O–H groups in total. The van der Waals surface area contributed by atoms with E-state index in [0.29, 0.717) is 19.8 Å². The van der Waals surface area contributed by atoms with Crippen LogP contribution in [-0.4, -0.2) is 21.1 Å². The predicted molar refractivity (Wildman–Crippen MR) is 63.6 cm³/mol. The second kappa shape index (κ2) is 5.67. The van der Waals surface area contributed by atoms with Crippen LogP contribution in [0.4, 0.5) is 4.39 Å². The van der Waals surface area contributed by atoms with Gasteiger partial charge in [0.1, 0.15) is 0 Å². The Bertz CT molecular complexity index is 286. The maximum absolute atomic E-state index is 13.8. The number of hydrogen-bond donors (Lipinski definition) is 0. The van der Waals surface area contributed by atoms with Crippen molar-refractivity contribution in [3.05, 3.63) is 30.3 Å². The molecule has 15 heavy (non-hydrogen) atoms. The molecular weight excluding hydrogens is 254 g/mol. The molecule has 0 bridgehead atoms. The van der Waals surface area contributed by atoms with E-state index >= 15 is 0 Å². The summed E-state index contributed by atoms with van der Waals surface area (Å²) in [5.74, 6) is 0. The summed E-state index contributed by atoms with van der Waals surface area (Å²) < 4.78 is 15.2. The minimum absolute atomic E-state index is 0.322. The Kier molecular flexibility index (Phi) is 4.22. The van der Waals surface area contributed by atoms with Crippen molar-refractivity contribution in [1.82, 2.24) is 0 Å². The third-order valence-electron chi connectivity index (χ3n) is 2.90. The first kappa shape index (κ1) is 11.2. The molecule has 1 aromatic carbocycles. The summed E-state index contributed by atoms with van der Waals surface area (Å²) in [5, 5.41) is 0. The summed E-state index contributed by atoms with van der Waals surface area (Å²) in [6, 6.07) is 10.4. The summed E-state index contributed by atoms with van der Waals surface area (Å²) >= 11 is 0.324. The number of benzene rings is 1. The molecule has 0 nitrogen and oxygen atoms in total. The Morgan fingerprint density at radius 3 is 2.53 bits per heavy atom. The van der Waals surface area contributed by atoms with Crippen molar-refractivity contribution >= 4 is 19.4 Å². The maximum atomic E-state index is 13.8. The molecule has 0 radical (unpaired) electrons. The zero-order valence-electron chi connectivity index (χ0n) is 8.86. The number of alkyl halides is 1. The Labute approximate surface area is 97.4 Å². The molecule has 0 unspecified atom stereocenters. The molecule has 1 aliphatic rings. The topological polar surface area (TPSA) is 0 Å². The van der Waals surface area contributed by atoms with E-state index in [1.165, 1.54) is 17.3 Å². The average Bonchev–Trinajstić information content (AvgIpc) is 2.46. The van der Waals surface area contributed by atoms with E-state index in [9.17, 15) is 4.39 Å². The van der Waals surface area contributed by atoms with E-state index in [4.69, 9.17) is 0 Å². The molecule has 0 aromatic heterocycles. The van der Waals surface area contributed by atoms with Crippen LogP contribution in [0.5, 0.6) is 0 Å². The summed E-state index contributed by atoms with van der Waals surface area (Å²) in [4.78, 5) is 0.322. The molecular formula is C13H17FSe. The molecule has 2 rings (SSSR count). The Balaban J connectivity index is 1.97. The predicted octanol–water partition coefficient (Wildman–Crippen LogP) is 3.11. The van der Waals surface area contributed by atoms with E-state index in [0.717, 1.165) is 19.3 Å². The Morgan fingerprint density at radius 2 is 1.73 bits per heavy atom. The van der Waals surface area contributed by atoms with Gasteiger partial charge >= 0.3 is 97.2 Å². The standard InChI is InChI=1S/C13H17FSe/c14-12-9-5-2-6-10-13(12)15-11-7-3-1-4-8-11/h1,3-4,7-8,12-13H,2,5-6,9-10H2/t12-,13-/m1/s1. The molecule has 82 valence electrons. The Hall–Kier alpha value is -0.331. The quantitative estimate of drug-likeness (QED) is 0.572. The number of rotatable bonds is 2. The fraction of sp³-hybridized carbons (Fsp3) is 0.538. The first-order valence-corrected chi connectivity index (χ1v) is 7.56. The van der Waals surface area contributed by atoms with Gasteiger partial charge in [-0.1, -0.05) is 0 Å².